The quantitative estimate of drug-likeness (QED) is 0.198. The Kier molecular flexibility index (Phi) is 5.22. The molecule has 1 saturated heterocycles. The highest BCUT2D eigenvalue weighted by atomic mass is 127. The average molecular weight is 504 g/mol. The fraction of sp³-hybridized carbons (Fsp3) is 0.200. The molecule has 0 N–H and O–H groups in total. The van der Waals surface area contributed by atoms with Crippen molar-refractivity contribution < 1.29 is 30.7 Å². The molecule has 1 heterocycles. The van der Waals surface area contributed by atoms with Crippen molar-refractivity contribution in [3.8, 4) is 11.5 Å². The van der Waals surface area contributed by atoms with Crippen molar-refractivity contribution in [3.05, 3.63) is 51.1 Å². The Balaban J connectivity index is 1.87. The summed E-state index contributed by atoms with van der Waals surface area (Å²) in [6.45, 7) is 0. The first-order chi connectivity index (χ1) is 11.7. The van der Waals surface area contributed by atoms with Gasteiger partial charge in [-0.2, -0.15) is 20.5 Å². The molecule has 1 aliphatic heterocycles. The average Bonchev–Trinajstić information content (AvgIpc) is 3.39. The second-order valence-electron chi connectivity index (χ2n) is 5.21. The van der Waals surface area contributed by atoms with Gasteiger partial charge in [0.05, 0.1) is 14.2 Å². The minimum absolute atomic E-state index is 0.00860. The number of hydrogen-bond acceptors (Lipinski definition) is 4. The maximum atomic E-state index is 13.8. The first kappa shape index (κ1) is 18.8. The zero-order valence-electron chi connectivity index (χ0n) is 12.2. The van der Waals surface area contributed by atoms with E-state index in [2.05, 4.69) is 0 Å². The molecule has 3 rings (SSSR count). The zero-order valence-corrected chi connectivity index (χ0v) is 16.0. The van der Waals surface area contributed by atoms with Gasteiger partial charge < -0.3 is 4.74 Å². The summed E-state index contributed by atoms with van der Waals surface area (Å²) in [7, 11) is -3.47. The molecule has 3 nitrogen and oxygen atoms in total. The molecule has 134 valence electrons. The first-order valence-corrected chi connectivity index (χ1v) is 10.6. The van der Waals surface area contributed by atoms with Crippen LogP contribution in [0.5, 0.6) is 11.5 Å². The van der Waals surface area contributed by atoms with Gasteiger partial charge in [-0.15, -0.1) is 0 Å². The van der Waals surface area contributed by atoms with Crippen molar-refractivity contribution in [3.63, 3.8) is 0 Å². The smallest absolute Gasteiger partial charge is 0.205 e. The molecule has 0 radical (unpaired) electrons. The molecule has 2 aromatic rings. The van der Waals surface area contributed by atoms with Crippen LogP contribution in [0.3, 0.4) is 0 Å². The highest BCUT2D eigenvalue weighted by Crippen LogP contribution is 2.35. The van der Waals surface area contributed by atoms with Gasteiger partial charge in [-0.25, -0.2) is 17.2 Å². The van der Waals surface area contributed by atoms with Gasteiger partial charge >= 0.3 is 0 Å². The van der Waals surface area contributed by atoms with Crippen LogP contribution in [-0.2, 0) is 9.84 Å². The number of hydrogen-bond donors (Lipinski definition) is 0. The molecule has 10 heteroatoms. The van der Waals surface area contributed by atoms with Gasteiger partial charge in [-0.05, 0) is 46.9 Å². The Morgan fingerprint density at radius 2 is 1.56 bits per heavy atom. The lowest BCUT2D eigenvalue weighted by molar-refractivity contribution is 0.362. The molecule has 0 aromatic heterocycles. The molecule has 0 aliphatic carbocycles. The van der Waals surface area contributed by atoms with E-state index in [1.807, 2.05) is 0 Å². The lowest BCUT2D eigenvalue weighted by Gasteiger charge is -2.11. The van der Waals surface area contributed by atoms with Gasteiger partial charge in [-0.3, -0.25) is 0 Å². The van der Waals surface area contributed by atoms with E-state index in [4.69, 9.17) is 4.74 Å². The van der Waals surface area contributed by atoms with Crippen molar-refractivity contribution in [2.75, 3.05) is 11.5 Å². The van der Waals surface area contributed by atoms with Crippen LogP contribution >= 0.6 is 34.4 Å². The number of benzene rings is 2. The molecule has 2 aromatic carbocycles. The monoisotopic (exact) mass is 504 g/mol. The van der Waals surface area contributed by atoms with E-state index in [-0.39, 0.29) is 21.6 Å². The highest BCUT2D eigenvalue weighted by Gasteiger charge is 2.30. The number of halogens is 5. The molecule has 25 heavy (non-hydrogen) atoms. The third kappa shape index (κ3) is 3.90. The van der Waals surface area contributed by atoms with Crippen molar-refractivity contribution in [1.82, 2.24) is 0 Å². The minimum Gasteiger partial charge on any atom is -0.451 e. The molecule has 0 saturated carbocycles. The summed E-state index contributed by atoms with van der Waals surface area (Å²) in [6.07, 6.45) is 0. The van der Waals surface area contributed by atoms with Crippen LogP contribution in [0.1, 0.15) is 0 Å². The molecule has 1 aliphatic rings. The topological polar surface area (TPSA) is 43.4 Å². The number of thioether (sulfide) groups is 1. The van der Waals surface area contributed by atoms with Crippen molar-refractivity contribution in [2.45, 2.75) is 10.1 Å². The second kappa shape index (κ2) is 6.95. The van der Waals surface area contributed by atoms with Gasteiger partial charge in [0.15, 0.2) is 21.5 Å². The van der Waals surface area contributed by atoms with Crippen LogP contribution in [0.2, 0.25) is 0 Å². The fourth-order valence-corrected chi connectivity index (χ4v) is 5.16. The van der Waals surface area contributed by atoms with Gasteiger partial charge in [-0.1, -0.05) is 0 Å². The maximum absolute atomic E-state index is 13.8. The summed E-state index contributed by atoms with van der Waals surface area (Å²) < 4.78 is 83.0. The van der Waals surface area contributed by atoms with Crippen LogP contribution in [0.15, 0.2) is 29.2 Å². The molecule has 0 bridgehead atoms. The van der Waals surface area contributed by atoms with E-state index in [1.54, 1.807) is 11.8 Å². The zero-order chi connectivity index (χ0) is 18.4. The Bertz CT molecular complexity index is 900. The van der Waals surface area contributed by atoms with Gasteiger partial charge in [0, 0.05) is 11.0 Å². The third-order valence-electron chi connectivity index (χ3n) is 3.38. The summed E-state index contributed by atoms with van der Waals surface area (Å²) in [5, 5.41) is 0.0851. The molecule has 1 fully saturated rings. The number of rotatable bonds is 5. The van der Waals surface area contributed by atoms with Gasteiger partial charge in [0.25, 0.3) is 0 Å². The largest absolute Gasteiger partial charge is 0.451 e. The first-order valence-electron chi connectivity index (χ1n) is 6.84. The van der Waals surface area contributed by atoms with Crippen LogP contribution in [0, 0.1) is 26.8 Å². The van der Waals surface area contributed by atoms with Crippen LogP contribution < -0.4 is 4.74 Å². The van der Waals surface area contributed by atoms with Crippen LogP contribution in [-0.4, -0.2) is 25.2 Å². The molecular weight excluding hydrogens is 495 g/mol. The minimum atomic E-state index is -3.47. The Labute approximate surface area is 158 Å². The summed E-state index contributed by atoms with van der Waals surface area (Å²) in [5.74, 6) is -7.02. The van der Waals surface area contributed by atoms with Crippen molar-refractivity contribution in [2.24, 2.45) is 0 Å². The SMILES string of the molecule is O=S(=O)(C[C@H]1CS1)c1ccc(Oc2c(F)c(F)c(I)c(F)c2F)cc1. The van der Waals surface area contributed by atoms with Gasteiger partial charge in [0.2, 0.25) is 17.4 Å². The highest BCUT2D eigenvalue weighted by molar-refractivity contribution is 14.1. The normalized spacial score (nSPS) is 16.8. The third-order valence-corrected chi connectivity index (χ3v) is 7.34. The summed E-state index contributed by atoms with van der Waals surface area (Å²) in [5.41, 5.74) is 0. The Hall–Kier alpha value is -1.01. The van der Waals surface area contributed by atoms with E-state index in [9.17, 15) is 26.0 Å². The van der Waals surface area contributed by atoms with Crippen molar-refractivity contribution >= 4 is 44.2 Å². The van der Waals surface area contributed by atoms with E-state index in [0.717, 1.165) is 28.3 Å². The van der Waals surface area contributed by atoms with Gasteiger partial charge in [0.1, 0.15) is 5.75 Å². The summed E-state index contributed by atoms with van der Waals surface area (Å²) >= 11 is 2.68. The standard InChI is InChI=1S/C15H9F4IO3S2/c16-10-12(18)15(13(19)11(17)14(10)20)23-7-1-3-9(4-2-7)25(21,22)6-8-5-24-8/h1-4,8H,5-6H2/t8-/m1/s1. The summed E-state index contributed by atoms with van der Waals surface area (Å²) in [6, 6.07) is 4.76. The van der Waals surface area contributed by atoms with Crippen LogP contribution in [0.4, 0.5) is 17.6 Å². The van der Waals surface area contributed by atoms with E-state index >= 15 is 0 Å². The second-order valence-corrected chi connectivity index (χ2v) is 9.66. The lowest BCUT2D eigenvalue weighted by Crippen LogP contribution is -2.10. The number of sulfone groups is 1. The lowest BCUT2D eigenvalue weighted by atomic mass is 10.3. The van der Waals surface area contributed by atoms with E-state index < -0.39 is 42.4 Å². The predicted octanol–water partition coefficient (Wildman–Crippen LogP) is 4.53. The fourth-order valence-electron chi connectivity index (χ4n) is 2.01. The van der Waals surface area contributed by atoms with Crippen molar-refractivity contribution in [1.29, 1.82) is 0 Å². The molecular formula is C15H9F4IO3S2. The van der Waals surface area contributed by atoms with Crippen LogP contribution in [0.25, 0.3) is 0 Å². The number of ether oxygens (including phenoxy) is 1. The van der Waals surface area contributed by atoms with E-state index in [1.165, 1.54) is 24.3 Å². The van der Waals surface area contributed by atoms with E-state index in [0.29, 0.717) is 0 Å². The predicted molar refractivity (Wildman–Crippen MR) is 93.8 cm³/mol. The summed E-state index contributed by atoms with van der Waals surface area (Å²) in [4.78, 5) is 0.0354. The molecule has 1 atom stereocenters. The molecule has 0 spiro atoms. The Morgan fingerprint density at radius 1 is 1.04 bits per heavy atom. The maximum Gasteiger partial charge on any atom is 0.205 e. The molecule has 0 unspecified atom stereocenters. The molecule has 0 amide bonds. The Morgan fingerprint density at radius 3 is 2.04 bits per heavy atom.